The van der Waals surface area contributed by atoms with Gasteiger partial charge in [-0.05, 0) is 60.1 Å². The molecule has 0 bridgehead atoms. The Morgan fingerprint density at radius 1 is 0.957 bits per heavy atom. The van der Waals surface area contributed by atoms with E-state index >= 15 is 0 Å². The van der Waals surface area contributed by atoms with Crippen molar-refractivity contribution in [3.63, 3.8) is 0 Å². The van der Waals surface area contributed by atoms with Gasteiger partial charge in [-0.1, -0.05) is 48.6 Å². The number of carbonyl (C=O) groups excluding carboxylic acids is 3. The zero-order valence-electron chi connectivity index (χ0n) is 25.7. The molecule has 3 fully saturated rings. The largest absolute Gasteiger partial charge is 0.456 e. The molecule has 242 valence electrons. The first-order valence-electron chi connectivity index (χ1n) is 16.3. The third-order valence-electron chi connectivity index (χ3n) is 9.59. The summed E-state index contributed by atoms with van der Waals surface area (Å²) in [5, 5.41) is 14.2. The van der Waals surface area contributed by atoms with Gasteiger partial charge in [0.15, 0.2) is 5.79 Å². The summed E-state index contributed by atoms with van der Waals surface area (Å²) in [6.07, 6.45) is 9.79. The SMILES string of the molecule is O=C(CCNC(=O)C1=CC2OC3(Cc4ccccc4C3)OC2C(OC(=O)c2ccc(C=CC3CCC4OC4C3)cc2)C1)NCCO. The summed E-state index contributed by atoms with van der Waals surface area (Å²) in [6.45, 7) is 0.132. The molecule has 1 spiro atoms. The minimum Gasteiger partial charge on any atom is -0.456 e. The Morgan fingerprint density at radius 3 is 2.48 bits per heavy atom. The molecule has 2 aromatic carbocycles. The van der Waals surface area contributed by atoms with Crippen molar-refractivity contribution in [3.05, 3.63) is 88.5 Å². The van der Waals surface area contributed by atoms with E-state index in [9.17, 15) is 14.4 Å². The van der Waals surface area contributed by atoms with Crippen LogP contribution in [0, 0.1) is 5.92 Å². The standard InChI is InChI=1S/C36H40N2O8/c39-16-15-37-32(40)13-14-38-34(41)27-18-30(33-31(19-27)45-36(46-33)20-25-3-1-2-4-26(25)21-36)44-35(42)24-10-7-22(8-11-24)5-6-23-9-12-28-29(17-23)43-28/h1-8,10-11,19,23,28-31,33,39H,9,12-18,20-21H2,(H,37,40)(H,38,41). The number of rotatable bonds is 10. The zero-order chi connectivity index (χ0) is 31.7. The van der Waals surface area contributed by atoms with E-state index in [2.05, 4.69) is 34.9 Å². The monoisotopic (exact) mass is 628 g/mol. The van der Waals surface area contributed by atoms with Crippen LogP contribution in [0.5, 0.6) is 0 Å². The maximum atomic E-state index is 13.4. The second-order valence-electron chi connectivity index (χ2n) is 12.9. The molecular weight excluding hydrogens is 588 g/mol. The number of nitrogens with one attached hydrogen (secondary N) is 2. The number of ether oxygens (including phenoxy) is 4. The van der Waals surface area contributed by atoms with Gasteiger partial charge in [0.1, 0.15) is 18.3 Å². The summed E-state index contributed by atoms with van der Waals surface area (Å²) in [5.74, 6) is -1.50. The number of fused-ring (bicyclic) bond motifs is 3. The van der Waals surface area contributed by atoms with Crippen molar-refractivity contribution in [1.29, 1.82) is 0 Å². The van der Waals surface area contributed by atoms with Crippen molar-refractivity contribution < 1.29 is 38.4 Å². The van der Waals surface area contributed by atoms with Crippen LogP contribution in [0.2, 0.25) is 0 Å². The lowest BCUT2D eigenvalue weighted by Crippen LogP contribution is -2.44. The summed E-state index contributed by atoms with van der Waals surface area (Å²) >= 11 is 0. The van der Waals surface area contributed by atoms with E-state index in [1.165, 1.54) is 0 Å². The summed E-state index contributed by atoms with van der Waals surface area (Å²) in [5.41, 5.74) is 4.14. The Hall–Kier alpha value is -3.83. The van der Waals surface area contributed by atoms with Gasteiger partial charge >= 0.3 is 5.97 Å². The topological polar surface area (TPSA) is 136 Å². The number of carbonyl (C=O) groups is 3. The van der Waals surface area contributed by atoms with Crippen LogP contribution in [0.4, 0.5) is 0 Å². The number of allylic oxidation sites excluding steroid dienone is 1. The van der Waals surface area contributed by atoms with Gasteiger partial charge in [-0.2, -0.15) is 0 Å². The number of aliphatic hydroxyl groups is 1. The molecule has 2 aliphatic heterocycles. The molecule has 5 aliphatic rings. The number of amides is 2. The highest BCUT2D eigenvalue weighted by molar-refractivity contribution is 5.94. The van der Waals surface area contributed by atoms with Gasteiger partial charge in [0.05, 0.1) is 24.4 Å². The molecule has 10 heteroatoms. The molecule has 2 aromatic rings. The molecule has 2 saturated heterocycles. The maximum absolute atomic E-state index is 13.4. The van der Waals surface area contributed by atoms with Crippen molar-refractivity contribution in [2.24, 2.45) is 5.92 Å². The normalized spacial score (nSPS) is 28.6. The number of epoxide rings is 1. The lowest BCUT2D eigenvalue weighted by molar-refractivity contribution is -0.172. The van der Waals surface area contributed by atoms with Crippen LogP contribution in [0.1, 0.15) is 59.2 Å². The molecular formula is C36H40N2O8. The van der Waals surface area contributed by atoms with Crippen LogP contribution in [-0.2, 0) is 41.4 Å². The quantitative estimate of drug-likeness (QED) is 0.270. The average Bonchev–Trinajstić information content (AvgIpc) is 3.62. The van der Waals surface area contributed by atoms with E-state index in [1.807, 2.05) is 24.3 Å². The van der Waals surface area contributed by atoms with Gasteiger partial charge in [-0.3, -0.25) is 9.59 Å². The summed E-state index contributed by atoms with van der Waals surface area (Å²) in [4.78, 5) is 38.5. The molecule has 0 radical (unpaired) electrons. The molecule has 2 heterocycles. The summed E-state index contributed by atoms with van der Waals surface area (Å²) in [6, 6.07) is 15.4. The number of hydrogen-bond acceptors (Lipinski definition) is 8. The molecule has 3 aliphatic carbocycles. The Labute approximate surface area is 268 Å². The number of esters is 1. The smallest absolute Gasteiger partial charge is 0.338 e. The van der Waals surface area contributed by atoms with Crippen LogP contribution in [0.3, 0.4) is 0 Å². The minimum absolute atomic E-state index is 0.0751. The van der Waals surface area contributed by atoms with Crippen molar-refractivity contribution in [2.75, 3.05) is 19.7 Å². The highest BCUT2D eigenvalue weighted by Crippen LogP contribution is 2.45. The molecule has 3 N–H and O–H groups in total. The van der Waals surface area contributed by atoms with Gasteiger partial charge in [0, 0.05) is 44.3 Å². The number of hydrogen-bond donors (Lipinski definition) is 3. The fourth-order valence-electron chi connectivity index (χ4n) is 7.14. The highest BCUT2D eigenvalue weighted by atomic mass is 16.8. The van der Waals surface area contributed by atoms with Gasteiger partial charge in [-0.25, -0.2) is 4.79 Å². The van der Waals surface area contributed by atoms with E-state index in [1.54, 1.807) is 18.2 Å². The lowest BCUT2D eigenvalue weighted by Gasteiger charge is -2.30. The third kappa shape index (κ3) is 6.80. The van der Waals surface area contributed by atoms with Crippen molar-refractivity contribution in [2.45, 2.75) is 81.3 Å². The van der Waals surface area contributed by atoms with Crippen LogP contribution in [-0.4, -0.2) is 78.9 Å². The van der Waals surface area contributed by atoms with Crippen LogP contribution >= 0.6 is 0 Å². The number of benzene rings is 2. The number of aliphatic hydroxyl groups excluding tert-OH is 1. The van der Waals surface area contributed by atoms with E-state index in [-0.39, 0.29) is 44.4 Å². The van der Waals surface area contributed by atoms with Gasteiger partial charge in [0.2, 0.25) is 11.8 Å². The molecule has 6 atom stereocenters. The molecule has 46 heavy (non-hydrogen) atoms. The Morgan fingerprint density at radius 2 is 1.74 bits per heavy atom. The zero-order valence-corrected chi connectivity index (χ0v) is 25.7. The minimum atomic E-state index is -0.893. The van der Waals surface area contributed by atoms with E-state index < -0.39 is 30.1 Å². The van der Waals surface area contributed by atoms with Crippen LogP contribution in [0.15, 0.2) is 66.3 Å². The first kappa shape index (κ1) is 30.8. The van der Waals surface area contributed by atoms with Crippen molar-refractivity contribution in [3.8, 4) is 0 Å². The molecule has 1 saturated carbocycles. The summed E-state index contributed by atoms with van der Waals surface area (Å²) < 4.78 is 24.8. The lowest BCUT2D eigenvalue weighted by atomic mass is 9.89. The van der Waals surface area contributed by atoms with E-state index in [0.717, 1.165) is 36.0 Å². The van der Waals surface area contributed by atoms with Gasteiger partial charge < -0.3 is 34.7 Å². The van der Waals surface area contributed by atoms with E-state index in [4.69, 9.17) is 24.1 Å². The van der Waals surface area contributed by atoms with Gasteiger partial charge in [-0.15, -0.1) is 0 Å². The molecule has 6 unspecified atom stereocenters. The Balaban J connectivity index is 1.02. The molecule has 10 nitrogen and oxygen atoms in total. The molecule has 0 aromatic heterocycles. The first-order chi connectivity index (χ1) is 22.4. The van der Waals surface area contributed by atoms with Crippen molar-refractivity contribution in [1.82, 2.24) is 10.6 Å². The van der Waals surface area contributed by atoms with Gasteiger partial charge in [0.25, 0.3) is 0 Å². The van der Waals surface area contributed by atoms with Crippen LogP contribution in [0.25, 0.3) is 6.08 Å². The predicted molar refractivity (Wildman–Crippen MR) is 167 cm³/mol. The second-order valence-corrected chi connectivity index (χ2v) is 12.9. The average molecular weight is 629 g/mol. The Bertz CT molecular complexity index is 1510. The highest BCUT2D eigenvalue weighted by Gasteiger charge is 2.55. The molecule has 2 amide bonds. The van der Waals surface area contributed by atoms with Crippen molar-refractivity contribution >= 4 is 23.9 Å². The fourth-order valence-corrected chi connectivity index (χ4v) is 7.14. The third-order valence-corrected chi connectivity index (χ3v) is 9.59. The maximum Gasteiger partial charge on any atom is 0.338 e. The second kappa shape index (κ2) is 13.1. The molecule has 7 rings (SSSR count). The Kier molecular flexibility index (Phi) is 8.78. The van der Waals surface area contributed by atoms with E-state index in [0.29, 0.717) is 42.1 Å². The predicted octanol–water partition coefficient (Wildman–Crippen LogP) is 3.02. The fraction of sp³-hybridized carbons (Fsp3) is 0.472. The summed E-state index contributed by atoms with van der Waals surface area (Å²) in [7, 11) is 0. The first-order valence-corrected chi connectivity index (χ1v) is 16.3. The van der Waals surface area contributed by atoms with Crippen LogP contribution < -0.4 is 10.6 Å².